The number of halogens is 2. The van der Waals surface area contributed by atoms with Gasteiger partial charge >= 0.3 is 0 Å². The molecule has 1 aromatic rings. The Bertz CT molecular complexity index is 376. The normalized spacial score (nSPS) is 15.5. The highest BCUT2D eigenvalue weighted by molar-refractivity contribution is 5.23. The van der Waals surface area contributed by atoms with E-state index in [1.165, 1.54) is 18.2 Å². The molecule has 2 unspecified atom stereocenters. The van der Waals surface area contributed by atoms with Gasteiger partial charge in [-0.15, -0.1) is 0 Å². The van der Waals surface area contributed by atoms with Crippen LogP contribution in [0, 0.1) is 17.6 Å². The molecule has 1 nitrogen and oxygen atoms in total. The molecule has 0 saturated carbocycles. The van der Waals surface area contributed by atoms with Crippen molar-refractivity contribution in [2.75, 3.05) is 6.54 Å². The van der Waals surface area contributed by atoms with E-state index in [1.807, 2.05) is 13.8 Å². The molecule has 0 bridgehead atoms. The average Bonchev–Trinajstić information content (AvgIpc) is 2.24. The summed E-state index contributed by atoms with van der Waals surface area (Å²) in [5.41, 5.74) is 0.211. The highest BCUT2D eigenvalue weighted by Crippen LogP contribution is 2.28. The lowest BCUT2D eigenvalue weighted by molar-refractivity contribution is 0.351. The quantitative estimate of drug-likeness (QED) is 0.854. The third-order valence-electron chi connectivity index (χ3n) is 3.26. The van der Waals surface area contributed by atoms with Crippen LogP contribution in [0.25, 0.3) is 0 Å². The van der Waals surface area contributed by atoms with Gasteiger partial charge in [-0.1, -0.05) is 19.9 Å². The molecule has 0 radical (unpaired) electrons. The van der Waals surface area contributed by atoms with Crippen LogP contribution in [0.1, 0.15) is 46.1 Å². The van der Waals surface area contributed by atoms with E-state index in [0.29, 0.717) is 0 Å². The van der Waals surface area contributed by atoms with Gasteiger partial charge in [0.15, 0.2) is 0 Å². The molecule has 0 amide bonds. The second kappa shape index (κ2) is 5.79. The summed E-state index contributed by atoms with van der Waals surface area (Å²) in [6.07, 6.45) is 0. The zero-order valence-corrected chi connectivity index (χ0v) is 11.8. The van der Waals surface area contributed by atoms with Crippen LogP contribution in [-0.4, -0.2) is 12.1 Å². The fraction of sp³-hybridized carbons (Fsp3) is 0.600. The molecule has 0 spiro atoms. The van der Waals surface area contributed by atoms with Crippen molar-refractivity contribution < 1.29 is 8.78 Å². The third-order valence-corrected chi connectivity index (χ3v) is 3.26. The SMILES string of the molecule is CC(CNC(C)(C)C)C(C)c1c(F)cccc1F. The van der Waals surface area contributed by atoms with Gasteiger partial charge in [-0.2, -0.15) is 0 Å². The Morgan fingerprint density at radius 1 is 1.11 bits per heavy atom. The highest BCUT2D eigenvalue weighted by atomic mass is 19.1. The van der Waals surface area contributed by atoms with E-state index in [4.69, 9.17) is 0 Å². The number of hydrogen-bond acceptors (Lipinski definition) is 1. The van der Waals surface area contributed by atoms with Crippen molar-refractivity contribution in [3.8, 4) is 0 Å². The Morgan fingerprint density at radius 3 is 2.06 bits per heavy atom. The summed E-state index contributed by atoms with van der Waals surface area (Å²) in [6.45, 7) is 10.8. The van der Waals surface area contributed by atoms with Crippen LogP contribution in [0.5, 0.6) is 0 Å². The molecule has 102 valence electrons. The van der Waals surface area contributed by atoms with Crippen molar-refractivity contribution in [2.24, 2.45) is 5.92 Å². The van der Waals surface area contributed by atoms with Crippen LogP contribution in [-0.2, 0) is 0 Å². The molecule has 0 heterocycles. The molecule has 1 N–H and O–H groups in total. The van der Waals surface area contributed by atoms with Crippen LogP contribution < -0.4 is 5.32 Å². The fourth-order valence-corrected chi connectivity index (χ4v) is 1.87. The Morgan fingerprint density at radius 2 is 1.61 bits per heavy atom. The molecule has 0 aromatic heterocycles. The van der Waals surface area contributed by atoms with Crippen molar-refractivity contribution >= 4 is 0 Å². The third kappa shape index (κ3) is 4.05. The smallest absolute Gasteiger partial charge is 0.129 e. The zero-order chi connectivity index (χ0) is 13.9. The average molecular weight is 255 g/mol. The maximum Gasteiger partial charge on any atom is 0.129 e. The predicted octanol–water partition coefficient (Wildman–Crippen LogP) is 4.09. The molecule has 18 heavy (non-hydrogen) atoms. The van der Waals surface area contributed by atoms with E-state index in [1.54, 1.807) is 0 Å². The van der Waals surface area contributed by atoms with Crippen LogP contribution in [0.4, 0.5) is 8.78 Å². The molecule has 0 fully saturated rings. The van der Waals surface area contributed by atoms with Crippen LogP contribution in [0.2, 0.25) is 0 Å². The van der Waals surface area contributed by atoms with Gasteiger partial charge < -0.3 is 5.32 Å². The predicted molar refractivity (Wildman–Crippen MR) is 71.7 cm³/mol. The monoisotopic (exact) mass is 255 g/mol. The van der Waals surface area contributed by atoms with E-state index in [2.05, 4.69) is 26.1 Å². The lowest BCUT2D eigenvalue weighted by Gasteiger charge is -2.27. The highest BCUT2D eigenvalue weighted by Gasteiger charge is 2.22. The molecule has 1 rings (SSSR count). The summed E-state index contributed by atoms with van der Waals surface area (Å²) < 4.78 is 27.4. The van der Waals surface area contributed by atoms with E-state index in [-0.39, 0.29) is 22.9 Å². The number of rotatable bonds is 4. The maximum absolute atomic E-state index is 13.7. The Balaban J connectivity index is 2.77. The standard InChI is InChI=1S/C15H23F2N/c1-10(9-18-15(3,4)5)11(2)14-12(16)7-6-8-13(14)17/h6-8,10-11,18H,9H2,1-5H3. The van der Waals surface area contributed by atoms with E-state index in [9.17, 15) is 8.78 Å². The maximum atomic E-state index is 13.7. The van der Waals surface area contributed by atoms with Crippen molar-refractivity contribution in [1.82, 2.24) is 5.32 Å². The summed E-state index contributed by atoms with van der Waals surface area (Å²) in [6, 6.07) is 4.04. The van der Waals surface area contributed by atoms with Gasteiger partial charge in [-0.25, -0.2) is 8.78 Å². The molecule has 0 aliphatic carbocycles. The minimum atomic E-state index is -0.454. The molecule has 0 saturated heterocycles. The van der Waals surface area contributed by atoms with Gasteiger partial charge in [0, 0.05) is 11.1 Å². The first-order valence-electron chi connectivity index (χ1n) is 6.41. The summed E-state index contributed by atoms with van der Waals surface area (Å²) in [4.78, 5) is 0. The Labute approximate surface area is 109 Å². The molecule has 2 atom stereocenters. The largest absolute Gasteiger partial charge is 0.312 e. The van der Waals surface area contributed by atoms with Crippen LogP contribution in [0.15, 0.2) is 18.2 Å². The van der Waals surface area contributed by atoms with Gasteiger partial charge in [0.25, 0.3) is 0 Å². The second-order valence-electron chi connectivity index (χ2n) is 6.03. The summed E-state index contributed by atoms with van der Waals surface area (Å²) in [5, 5.41) is 3.37. The first-order valence-corrected chi connectivity index (χ1v) is 6.41. The minimum absolute atomic E-state index is 0.0156. The van der Waals surface area contributed by atoms with Crippen LogP contribution in [0.3, 0.4) is 0 Å². The van der Waals surface area contributed by atoms with Crippen molar-refractivity contribution in [3.63, 3.8) is 0 Å². The first-order chi connectivity index (χ1) is 8.22. The van der Waals surface area contributed by atoms with E-state index in [0.717, 1.165) is 6.54 Å². The van der Waals surface area contributed by atoms with E-state index >= 15 is 0 Å². The Hall–Kier alpha value is -0.960. The van der Waals surface area contributed by atoms with Crippen molar-refractivity contribution in [1.29, 1.82) is 0 Å². The van der Waals surface area contributed by atoms with Crippen molar-refractivity contribution in [3.05, 3.63) is 35.4 Å². The number of benzene rings is 1. The van der Waals surface area contributed by atoms with Gasteiger partial charge in [0.05, 0.1) is 0 Å². The number of hydrogen-bond donors (Lipinski definition) is 1. The van der Waals surface area contributed by atoms with Crippen molar-refractivity contribution in [2.45, 2.75) is 46.1 Å². The topological polar surface area (TPSA) is 12.0 Å². The van der Waals surface area contributed by atoms with Crippen LogP contribution >= 0.6 is 0 Å². The molecular weight excluding hydrogens is 232 g/mol. The summed E-state index contributed by atoms with van der Waals surface area (Å²) >= 11 is 0. The molecule has 1 aromatic carbocycles. The molecule has 3 heteroatoms. The summed E-state index contributed by atoms with van der Waals surface area (Å²) in [5.74, 6) is -0.896. The second-order valence-corrected chi connectivity index (χ2v) is 6.03. The lowest BCUT2D eigenvalue weighted by atomic mass is 9.87. The lowest BCUT2D eigenvalue weighted by Crippen LogP contribution is -2.39. The number of nitrogens with one attached hydrogen (secondary N) is 1. The van der Waals surface area contributed by atoms with Gasteiger partial charge in [0.2, 0.25) is 0 Å². The molecule has 0 aliphatic heterocycles. The minimum Gasteiger partial charge on any atom is -0.312 e. The summed E-state index contributed by atoms with van der Waals surface area (Å²) in [7, 11) is 0. The molecular formula is C15H23F2N. The fourth-order valence-electron chi connectivity index (χ4n) is 1.87. The zero-order valence-electron chi connectivity index (χ0n) is 11.8. The van der Waals surface area contributed by atoms with E-state index < -0.39 is 11.6 Å². The first kappa shape index (κ1) is 15.1. The van der Waals surface area contributed by atoms with Gasteiger partial charge in [0.1, 0.15) is 11.6 Å². The van der Waals surface area contributed by atoms with Gasteiger partial charge in [-0.3, -0.25) is 0 Å². The Kier molecular flexibility index (Phi) is 4.85. The molecule has 0 aliphatic rings. The van der Waals surface area contributed by atoms with Gasteiger partial charge in [-0.05, 0) is 51.3 Å².